The number of aliphatic hydroxyl groups is 2. The molecular weight excluding hydrogens is 200 g/mol. The van der Waals surface area contributed by atoms with E-state index in [9.17, 15) is 10.2 Å². The zero-order valence-corrected chi connectivity index (χ0v) is 9.76. The summed E-state index contributed by atoms with van der Waals surface area (Å²) in [5.41, 5.74) is 0. The van der Waals surface area contributed by atoms with E-state index in [-0.39, 0.29) is 11.8 Å². The molecule has 0 aromatic carbocycles. The average molecular weight is 222 g/mol. The Labute approximate surface area is 97.7 Å². The average Bonchev–Trinajstić information content (AvgIpc) is 2.39. The molecule has 2 unspecified atom stereocenters. The minimum absolute atomic E-state index is 0.255. The predicted octanol–water partition coefficient (Wildman–Crippen LogP) is 2.42. The lowest BCUT2D eigenvalue weighted by Gasteiger charge is -2.33. The van der Waals surface area contributed by atoms with Gasteiger partial charge < -0.3 is 10.2 Å². The Bertz CT molecular complexity index is 242. The summed E-state index contributed by atoms with van der Waals surface area (Å²) >= 11 is 0. The molecule has 0 aromatic rings. The maximum atomic E-state index is 10.2. The minimum atomic E-state index is -0.540. The van der Waals surface area contributed by atoms with Gasteiger partial charge in [0.15, 0.2) is 0 Å². The van der Waals surface area contributed by atoms with Crippen LogP contribution in [-0.2, 0) is 0 Å². The monoisotopic (exact) mass is 222 g/mol. The van der Waals surface area contributed by atoms with Crippen molar-refractivity contribution in [1.29, 1.82) is 0 Å². The van der Waals surface area contributed by atoms with Gasteiger partial charge in [0.2, 0.25) is 0 Å². The standard InChI is InChI=1S/C14H22O2/c15-13(11-7-3-1-4-8-11)14(16)12-9-5-2-6-10-12/h1-3,5,11-16H,4,6-10H2/t11?,12?,13-,14-/m1/s1. The number of allylic oxidation sites excluding steroid dienone is 4. The molecule has 0 heterocycles. The van der Waals surface area contributed by atoms with Gasteiger partial charge in [-0.25, -0.2) is 0 Å². The molecule has 2 heteroatoms. The van der Waals surface area contributed by atoms with Gasteiger partial charge in [-0.15, -0.1) is 0 Å². The Morgan fingerprint density at radius 2 is 1.19 bits per heavy atom. The van der Waals surface area contributed by atoms with E-state index in [1.54, 1.807) is 0 Å². The highest BCUT2D eigenvalue weighted by Crippen LogP contribution is 2.30. The Hall–Kier alpha value is -0.600. The van der Waals surface area contributed by atoms with Gasteiger partial charge in [-0.3, -0.25) is 0 Å². The second kappa shape index (κ2) is 5.65. The van der Waals surface area contributed by atoms with Gasteiger partial charge in [0, 0.05) is 0 Å². The molecule has 0 saturated heterocycles. The van der Waals surface area contributed by atoms with E-state index < -0.39 is 12.2 Å². The van der Waals surface area contributed by atoms with Crippen LogP contribution in [0.5, 0.6) is 0 Å². The van der Waals surface area contributed by atoms with Crippen LogP contribution in [0.2, 0.25) is 0 Å². The van der Waals surface area contributed by atoms with Crippen LogP contribution < -0.4 is 0 Å². The second-order valence-corrected chi connectivity index (χ2v) is 5.07. The fourth-order valence-electron chi connectivity index (χ4n) is 2.81. The van der Waals surface area contributed by atoms with Gasteiger partial charge in [-0.2, -0.15) is 0 Å². The molecule has 16 heavy (non-hydrogen) atoms. The fraction of sp³-hybridized carbons (Fsp3) is 0.714. The normalized spacial score (nSPS) is 33.6. The van der Waals surface area contributed by atoms with Crippen molar-refractivity contribution in [2.24, 2.45) is 11.8 Å². The smallest absolute Gasteiger partial charge is 0.0833 e. The lowest BCUT2D eigenvalue weighted by Crippen LogP contribution is -2.39. The Morgan fingerprint density at radius 3 is 1.50 bits per heavy atom. The van der Waals surface area contributed by atoms with E-state index in [1.165, 1.54) is 0 Å². The molecule has 2 aliphatic rings. The highest BCUT2D eigenvalue weighted by Gasteiger charge is 2.31. The van der Waals surface area contributed by atoms with Crippen LogP contribution >= 0.6 is 0 Å². The van der Waals surface area contributed by atoms with Crippen molar-refractivity contribution in [3.63, 3.8) is 0 Å². The quantitative estimate of drug-likeness (QED) is 0.720. The van der Waals surface area contributed by atoms with Crippen LogP contribution in [0.3, 0.4) is 0 Å². The molecule has 0 bridgehead atoms. The SMILES string of the molecule is O[C@H](C1CC=CCC1)[C@H](O)C1CC=CCC1. The van der Waals surface area contributed by atoms with E-state index in [0.717, 1.165) is 38.5 Å². The molecule has 2 nitrogen and oxygen atoms in total. The molecule has 90 valence electrons. The van der Waals surface area contributed by atoms with Gasteiger partial charge in [0.1, 0.15) is 0 Å². The summed E-state index contributed by atoms with van der Waals surface area (Å²) in [7, 11) is 0. The van der Waals surface area contributed by atoms with Gasteiger partial charge in [-0.1, -0.05) is 24.3 Å². The van der Waals surface area contributed by atoms with Crippen molar-refractivity contribution in [2.45, 2.75) is 50.7 Å². The molecule has 0 radical (unpaired) electrons. The first-order valence-electron chi connectivity index (χ1n) is 6.45. The Balaban J connectivity index is 1.89. The lowest BCUT2D eigenvalue weighted by molar-refractivity contribution is -0.0512. The van der Waals surface area contributed by atoms with Crippen LogP contribution in [0, 0.1) is 11.8 Å². The molecular formula is C14H22O2. The predicted molar refractivity (Wildman–Crippen MR) is 65.0 cm³/mol. The lowest BCUT2D eigenvalue weighted by atomic mass is 9.79. The first-order chi connectivity index (χ1) is 7.79. The van der Waals surface area contributed by atoms with Gasteiger partial charge in [0.25, 0.3) is 0 Å². The van der Waals surface area contributed by atoms with E-state index in [0.29, 0.717) is 0 Å². The third-order valence-electron chi connectivity index (χ3n) is 3.94. The topological polar surface area (TPSA) is 40.5 Å². The number of rotatable bonds is 3. The molecule has 4 atom stereocenters. The summed E-state index contributed by atoms with van der Waals surface area (Å²) in [5.74, 6) is 0.511. The summed E-state index contributed by atoms with van der Waals surface area (Å²) < 4.78 is 0. The summed E-state index contributed by atoms with van der Waals surface area (Å²) in [5, 5.41) is 20.4. The number of hydrogen-bond donors (Lipinski definition) is 2. The molecule has 2 N–H and O–H groups in total. The van der Waals surface area contributed by atoms with Crippen molar-refractivity contribution >= 4 is 0 Å². The summed E-state index contributed by atoms with van der Waals surface area (Å²) in [6.07, 6.45) is 13.4. The molecule has 0 amide bonds. The highest BCUT2D eigenvalue weighted by molar-refractivity contribution is 4.97. The first-order valence-corrected chi connectivity index (χ1v) is 6.45. The maximum Gasteiger partial charge on any atom is 0.0833 e. The Morgan fingerprint density at radius 1 is 0.750 bits per heavy atom. The van der Waals surface area contributed by atoms with Gasteiger partial charge in [-0.05, 0) is 50.4 Å². The Kier molecular flexibility index (Phi) is 4.19. The number of aliphatic hydroxyl groups excluding tert-OH is 2. The summed E-state index contributed by atoms with van der Waals surface area (Å²) in [6.45, 7) is 0. The zero-order chi connectivity index (χ0) is 11.4. The molecule has 0 aromatic heterocycles. The van der Waals surface area contributed by atoms with E-state index in [4.69, 9.17) is 0 Å². The van der Waals surface area contributed by atoms with Crippen molar-refractivity contribution in [2.75, 3.05) is 0 Å². The highest BCUT2D eigenvalue weighted by atomic mass is 16.3. The van der Waals surface area contributed by atoms with Crippen molar-refractivity contribution < 1.29 is 10.2 Å². The number of hydrogen-bond acceptors (Lipinski definition) is 2. The first kappa shape index (κ1) is 11.9. The van der Waals surface area contributed by atoms with Crippen molar-refractivity contribution in [3.05, 3.63) is 24.3 Å². The van der Waals surface area contributed by atoms with E-state index in [1.807, 2.05) is 0 Å². The molecule has 2 rings (SSSR count). The van der Waals surface area contributed by atoms with Crippen LogP contribution in [-0.4, -0.2) is 22.4 Å². The minimum Gasteiger partial charge on any atom is -0.390 e. The molecule has 0 fully saturated rings. The van der Waals surface area contributed by atoms with Gasteiger partial charge >= 0.3 is 0 Å². The molecule has 0 spiro atoms. The molecule has 0 aliphatic heterocycles. The van der Waals surface area contributed by atoms with Crippen LogP contribution in [0.25, 0.3) is 0 Å². The van der Waals surface area contributed by atoms with E-state index in [2.05, 4.69) is 24.3 Å². The molecule has 0 saturated carbocycles. The fourth-order valence-corrected chi connectivity index (χ4v) is 2.81. The van der Waals surface area contributed by atoms with Crippen LogP contribution in [0.1, 0.15) is 38.5 Å². The molecule has 2 aliphatic carbocycles. The third kappa shape index (κ3) is 2.74. The van der Waals surface area contributed by atoms with Crippen LogP contribution in [0.15, 0.2) is 24.3 Å². The van der Waals surface area contributed by atoms with E-state index >= 15 is 0 Å². The largest absolute Gasteiger partial charge is 0.390 e. The van der Waals surface area contributed by atoms with Crippen molar-refractivity contribution in [3.8, 4) is 0 Å². The van der Waals surface area contributed by atoms with Crippen molar-refractivity contribution in [1.82, 2.24) is 0 Å². The zero-order valence-electron chi connectivity index (χ0n) is 9.76. The summed E-state index contributed by atoms with van der Waals surface area (Å²) in [4.78, 5) is 0. The maximum absolute atomic E-state index is 10.2. The summed E-state index contributed by atoms with van der Waals surface area (Å²) in [6, 6.07) is 0. The van der Waals surface area contributed by atoms with Crippen LogP contribution in [0.4, 0.5) is 0 Å². The van der Waals surface area contributed by atoms with Gasteiger partial charge in [0.05, 0.1) is 12.2 Å². The third-order valence-corrected chi connectivity index (χ3v) is 3.94. The second-order valence-electron chi connectivity index (χ2n) is 5.07.